The molecule has 0 bridgehead atoms. The summed E-state index contributed by atoms with van der Waals surface area (Å²) in [7, 11) is 1.56. The van der Waals surface area contributed by atoms with Gasteiger partial charge in [-0.25, -0.2) is 0 Å². The standard InChI is InChI=1S/C19H20N2O3S/c1-13-7-3-6-10-17(13)25-12-18(22)21-11-16(19(23)20-2)24-15-9-5-4-8-14(15)21/h3-10,16H,11-12H2,1-2H3,(H,20,23). The van der Waals surface area contributed by atoms with Crippen molar-refractivity contribution < 1.29 is 14.3 Å². The number of carbonyl (C=O) groups excluding carboxylic acids is 2. The first-order chi connectivity index (χ1) is 12.1. The van der Waals surface area contributed by atoms with Crippen LogP contribution in [0.15, 0.2) is 53.4 Å². The SMILES string of the molecule is CNC(=O)C1CN(C(=O)CSc2ccccc2C)c2ccccc2O1. The van der Waals surface area contributed by atoms with Gasteiger partial charge in [0, 0.05) is 11.9 Å². The molecule has 2 aromatic carbocycles. The van der Waals surface area contributed by atoms with Crippen molar-refractivity contribution in [1.82, 2.24) is 5.32 Å². The van der Waals surface area contributed by atoms with Crippen LogP contribution in [0.2, 0.25) is 0 Å². The lowest BCUT2D eigenvalue weighted by molar-refractivity contribution is -0.127. The number of nitrogens with zero attached hydrogens (tertiary/aromatic N) is 1. The van der Waals surface area contributed by atoms with Crippen molar-refractivity contribution in [2.45, 2.75) is 17.9 Å². The number of hydrogen-bond donors (Lipinski definition) is 1. The lowest BCUT2D eigenvalue weighted by Gasteiger charge is -2.34. The number of hydrogen-bond acceptors (Lipinski definition) is 4. The predicted molar refractivity (Wildman–Crippen MR) is 99.2 cm³/mol. The Balaban J connectivity index is 1.78. The molecule has 3 rings (SSSR count). The molecule has 130 valence electrons. The van der Waals surface area contributed by atoms with Crippen LogP contribution >= 0.6 is 11.8 Å². The van der Waals surface area contributed by atoms with E-state index >= 15 is 0 Å². The Bertz CT molecular complexity index is 794. The van der Waals surface area contributed by atoms with Gasteiger partial charge in [-0.2, -0.15) is 0 Å². The maximum atomic E-state index is 12.8. The van der Waals surface area contributed by atoms with E-state index in [1.54, 1.807) is 18.0 Å². The van der Waals surface area contributed by atoms with Crippen LogP contribution in [-0.2, 0) is 9.59 Å². The minimum absolute atomic E-state index is 0.0436. The Morgan fingerprint density at radius 3 is 2.68 bits per heavy atom. The third kappa shape index (κ3) is 3.79. The lowest BCUT2D eigenvalue weighted by atomic mass is 10.2. The average molecular weight is 356 g/mol. The summed E-state index contributed by atoms with van der Waals surface area (Å²) in [5.74, 6) is 0.577. The van der Waals surface area contributed by atoms with E-state index in [0.29, 0.717) is 17.2 Å². The Labute approximate surface area is 151 Å². The second-order valence-electron chi connectivity index (χ2n) is 5.75. The van der Waals surface area contributed by atoms with Gasteiger partial charge in [0.05, 0.1) is 18.0 Å². The highest BCUT2D eigenvalue weighted by atomic mass is 32.2. The van der Waals surface area contributed by atoms with Crippen molar-refractivity contribution in [2.24, 2.45) is 0 Å². The van der Waals surface area contributed by atoms with E-state index in [-0.39, 0.29) is 18.4 Å². The number of carbonyl (C=O) groups is 2. The van der Waals surface area contributed by atoms with Crippen molar-refractivity contribution >= 4 is 29.3 Å². The number of likely N-dealkylation sites (N-methyl/N-ethyl adjacent to an activating group) is 1. The average Bonchev–Trinajstić information content (AvgIpc) is 2.65. The number of anilines is 1. The van der Waals surface area contributed by atoms with Crippen molar-refractivity contribution in [2.75, 3.05) is 24.2 Å². The summed E-state index contributed by atoms with van der Waals surface area (Å²) in [4.78, 5) is 27.5. The molecule has 0 spiro atoms. The minimum atomic E-state index is -0.702. The van der Waals surface area contributed by atoms with Crippen LogP contribution in [0.5, 0.6) is 5.75 Å². The van der Waals surface area contributed by atoms with Gasteiger partial charge in [-0.3, -0.25) is 9.59 Å². The van der Waals surface area contributed by atoms with E-state index in [9.17, 15) is 9.59 Å². The molecule has 0 aromatic heterocycles. The van der Waals surface area contributed by atoms with Crippen molar-refractivity contribution in [3.8, 4) is 5.75 Å². The zero-order valence-corrected chi connectivity index (χ0v) is 15.0. The van der Waals surface area contributed by atoms with Gasteiger partial charge < -0.3 is 15.0 Å². The number of fused-ring (bicyclic) bond motifs is 1. The molecule has 2 amide bonds. The number of nitrogens with one attached hydrogen (secondary N) is 1. The Kier molecular flexibility index (Phi) is 5.28. The van der Waals surface area contributed by atoms with E-state index in [2.05, 4.69) is 5.32 Å². The van der Waals surface area contributed by atoms with Crippen LogP contribution in [0.25, 0.3) is 0 Å². The van der Waals surface area contributed by atoms with Gasteiger partial charge in [0.25, 0.3) is 5.91 Å². The van der Waals surface area contributed by atoms with Crippen LogP contribution in [0, 0.1) is 6.92 Å². The van der Waals surface area contributed by atoms with Crippen LogP contribution in [0.4, 0.5) is 5.69 Å². The second-order valence-corrected chi connectivity index (χ2v) is 6.76. The summed E-state index contributed by atoms with van der Waals surface area (Å²) in [6.07, 6.45) is -0.702. The molecule has 1 heterocycles. The zero-order chi connectivity index (χ0) is 17.8. The number of ether oxygens (including phenoxy) is 1. The molecule has 0 radical (unpaired) electrons. The lowest BCUT2D eigenvalue weighted by Crippen LogP contribution is -2.50. The van der Waals surface area contributed by atoms with Crippen LogP contribution in [0.3, 0.4) is 0 Å². The van der Waals surface area contributed by atoms with E-state index in [0.717, 1.165) is 10.5 Å². The second kappa shape index (κ2) is 7.61. The summed E-state index contributed by atoms with van der Waals surface area (Å²) < 4.78 is 5.73. The Morgan fingerprint density at radius 2 is 1.92 bits per heavy atom. The first-order valence-electron chi connectivity index (χ1n) is 8.06. The van der Waals surface area contributed by atoms with Crippen LogP contribution in [-0.4, -0.2) is 37.3 Å². The maximum Gasteiger partial charge on any atom is 0.262 e. The molecule has 2 aromatic rings. The highest BCUT2D eigenvalue weighted by Crippen LogP contribution is 2.34. The number of amides is 2. The number of thioether (sulfide) groups is 1. The maximum absolute atomic E-state index is 12.8. The first kappa shape index (κ1) is 17.4. The fourth-order valence-electron chi connectivity index (χ4n) is 2.70. The van der Waals surface area contributed by atoms with Crippen LogP contribution in [0.1, 0.15) is 5.56 Å². The minimum Gasteiger partial charge on any atom is -0.477 e. The number of aryl methyl sites for hydroxylation is 1. The molecule has 0 aliphatic carbocycles. The van der Waals surface area contributed by atoms with Crippen molar-refractivity contribution in [3.05, 3.63) is 54.1 Å². The molecular formula is C19H20N2O3S. The van der Waals surface area contributed by atoms with Gasteiger partial charge in [-0.05, 0) is 30.7 Å². The summed E-state index contributed by atoms with van der Waals surface area (Å²) >= 11 is 1.51. The zero-order valence-electron chi connectivity index (χ0n) is 14.2. The van der Waals surface area contributed by atoms with Gasteiger partial charge in [-0.1, -0.05) is 30.3 Å². The Hall–Kier alpha value is -2.47. The molecule has 1 aliphatic heterocycles. The quantitative estimate of drug-likeness (QED) is 0.856. The molecule has 1 unspecified atom stereocenters. The smallest absolute Gasteiger partial charge is 0.262 e. The third-order valence-electron chi connectivity index (χ3n) is 4.06. The monoisotopic (exact) mass is 356 g/mol. The molecule has 1 N–H and O–H groups in total. The molecule has 5 nitrogen and oxygen atoms in total. The molecule has 6 heteroatoms. The molecular weight excluding hydrogens is 336 g/mol. The molecule has 0 saturated carbocycles. The van der Waals surface area contributed by atoms with E-state index in [4.69, 9.17) is 4.74 Å². The van der Waals surface area contributed by atoms with E-state index < -0.39 is 6.10 Å². The Morgan fingerprint density at radius 1 is 1.20 bits per heavy atom. The number of benzene rings is 2. The number of para-hydroxylation sites is 2. The van der Waals surface area contributed by atoms with Gasteiger partial charge in [0.1, 0.15) is 5.75 Å². The summed E-state index contributed by atoms with van der Waals surface area (Å²) in [5, 5.41) is 2.58. The largest absolute Gasteiger partial charge is 0.477 e. The van der Waals surface area contributed by atoms with Crippen LogP contribution < -0.4 is 15.0 Å². The van der Waals surface area contributed by atoms with Gasteiger partial charge in [0.2, 0.25) is 5.91 Å². The van der Waals surface area contributed by atoms with E-state index in [1.807, 2.05) is 49.4 Å². The topological polar surface area (TPSA) is 58.6 Å². The summed E-state index contributed by atoms with van der Waals surface area (Å²) in [6, 6.07) is 15.3. The van der Waals surface area contributed by atoms with Gasteiger partial charge >= 0.3 is 0 Å². The summed E-state index contributed by atoms with van der Waals surface area (Å²) in [5.41, 5.74) is 1.85. The first-order valence-corrected chi connectivity index (χ1v) is 9.05. The predicted octanol–water partition coefficient (Wildman–Crippen LogP) is 2.63. The van der Waals surface area contributed by atoms with E-state index in [1.165, 1.54) is 11.8 Å². The fourth-order valence-corrected chi connectivity index (χ4v) is 3.61. The fraction of sp³-hybridized carbons (Fsp3) is 0.263. The molecule has 25 heavy (non-hydrogen) atoms. The van der Waals surface area contributed by atoms with Gasteiger partial charge in [0.15, 0.2) is 6.10 Å². The molecule has 0 saturated heterocycles. The normalized spacial score (nSPS) is 15.9. The number of rotatable bonds is 4. The molecule has 1 aliphatic rings. The highest BCUT2D eigenvalue weighted by molar-refractivity contribution is 8.00. The van der Waals surface area contributed by atoms with Crippen molar-refractivity contribution in [1.29, 1.82) is 0 Å². The molecule has 0 fully saturated rings. The molecule has 1 atom stereocenters. The third-order valence-corrected chi connectivity index (χ3v) is 5.22. The van der Waals surface area contributed by atoms with Crippen molar-refractivity contribution in [3.63, 3.8) is 0 Å². The summed E-state index contributed by atoms with van der Waals surface area (Å²) in [6.45, 7) is 2.24. The van der Waals surface area contributed by atoms with Gasteiger partial charge in [-0.15, -0.1) is 11.8 Å². The highest BCUT2D eigenvalue weighted by Gasteiger charge is 2.33.